The molecule has 6 heteroatoms. The van der Waals surface area contributed by atoms with Crippen LogP contribution >= 0.6 is 0 Å². The third-order valence-electron chi connectivity index (χ3n) is 4.36. The summed E-state index contributed by atoms with van der Waals surface area (Å²) in [5.74, 6) is -0.356. The van der Waals surface area contributed by atoms with Gasteiger partial charge in [0.05, 0.1) is 6.10 Å². The number of nitrogens with zero attached hydrogens (tertiary/aromatic N) is 1. The molecule has 0 aliphatic carbocycles. The van der Waals surface area contributed by atoms with Gasteiger partial charge in [-0.2, -0.15) is 0 Å². The van der Waals surface area contributed by atoms with Gasteiger partial charge in [0.1, 0.15) is 5.82 Å². The highest BCUT2D eigenvalue weighted by molar-refractivity contribution is 5.74. The normalized spacial score (nSPS) is 18.0. The lowest BCUT2D eigenvalue weighted by atomic mass is 10.1. The third-order valence-corrected chi connectivity index (χ3v) is 4.36. The highest BCUT2D eigenvalue weighted by Crippen LogP contribution is 2.19. The fraction of sp³-hybridized carbons (Fsp3) is 0.316. The molecule has 3 rings (SSSR count). The Hall–Kier alpha value is -2.60. The predicted octanol–water partition coefficient (Wildman–Crippen LogP) is 2.44. The summed E-state index contributed by atoms with van der Waals surface area (Å²) in [4.78, 5) is 14.3. The summed E-state index contributed by atoms with van der Waals surface area (Å²) in [5, 5.41) is 15.6. The summed E-state index contributed by atoms with van der Waals surface area (Å²) in [6.45, 7) is 1.73. The fourth-order valence-corrected chi connectivity index (χ4v) is 2.98. The number of halogens is 1. The van der Waals surface area contributed by atoms with Crippen LogP contribution in [0, 0.1) is 5.82 Å². The van der Waals surface area contributed by atoms with Crippen molar-refractivity contribution in [1.82, 2.24) is 10.6 Å². The predicted molar refractivity (Wildman–Crippen MR) is 95.0 cm³/mol. The minimum atomic E-state index is -0.865. The molecule has 0 spiro atoms. The van der Waals surface area contributed by atoms with Crippen molar-refractivity contribution in [3.8, 4) is 0 Å². The lowest BCUT2D eigenvalue weighted by Gasteiger charge is -2.19. The van der Waals surface area contributed by atoms with Gasteiger partial charge in [-0.3, -0.25) is 0 Å². The van der Waals surface area contributed by atoms with Crippen LogP contribution in [0.15, 0.2) is 54.6 Å². The minimum absolute atomic E-state index is 0.0724. The molecule has 25 heavy (non-hydrogen) atoms. The molecule has 2 unspecified atom stereocenters. The number of anilines is 1. The number of benzene rings is 2. The molecule has 1 aliphatic heterocycles. The van der Waals surface area contributed by atoms with Gasteiger partial charge < -0.3 is 20.6 Å². The first-order chi connectivity index (χ1) is 12.1. The zero-order chi connectivity index (χ0) is 17.6. The van der Waals surface area contributed by atoms with Crippen molar-refractivity contribution in [2.24, 2.45) is 0 Å². The van der Waals surface area contributed by atoms with Crippen molar-refractivity contribution < 1.29 is 14.3 Å². The first-order valence-electron chi connectivity index (χ1n) is 8.40. The average Bonchev–Trinajstić information content (AvgIpc) is 3.09. The van der Waals surface area contributed by atoms with Crippen LogP contribution in [0.4, 0.5) is 14.9 Å². The van der Waals surface area contributed by atoms with Crippen LogP contribution in [0.25, 0.3) is 0 Å². The summed E-state index contributed by atoms with van der Waals surface area (Å²) < 4.78 is 12.9. The molecular weight excluding hydrogens is 321 g/mol. The van der Waals surface area contributed by atoms with Gasteiger partial charge in [0.2, 0.25) is 0 Å². The Morgan fingerprint density at radius 1 is 1.20 bits per heavy atom. The summed E-state index contributed by atoms with van der Waals surface area (Å²) in [6.07, 6.45) is 0.0128. The number of nitrogens with one attached hydrogen (secondary N) is 2. The van der Waals surface area contributed by atoms with Crippen LogP contribution in [-0.2, 0) is 0 Å². The maximum atomic E-state index is 12.9. The number of aliphatic hydroxyl groups is 1. The van der Waals surface area contributed by atoms with Gasteiger partial charge in [-0.25, -0.2) is 9.18 Å². The zero-order valence-electron chi connectivity index (χ0n) is 13.9. The average molecular weight is 343 g/mol. The van der Waals surface area contributed by atoms with E-state index in [2.05, 4.69) is 27.7 Å². The van der Waals surface area contributed by atoms with Crippen molar-refractivity contribution in [1.29, 1.82) is 0 Å². The maximum Gasteiger partial charge on any atom is 0.315 e. The van der Waals surface area contributed by atoms with Gasteiger partial charge in [0.25, 0.3) is 0 Å². The second-order valence-electron chi connectivity index (χ2n) is 6.19. The number of hydrogen-bond acceptors (Lipinski definition) is 3. The highest BCUT2D eigenvalue weighted by atomic mass is 19.1. The van der Waals surface area contributed by atoms with Gasteiger partial charge >= 0.3 is 6.03 Å². The molecule has 0 saturated carbocycles. The lowest BCUT2D eigenvalue weighted by molar-refractivity contribution is 0.172. The Bertz CT molecular complexity index is 694. The van der Waals surface area contributed by atoms with Crippen LogP contribution in [0.5, 0.6) is 0 Å². The molecule has 0 radical (unpaired) electrons. The highest BCUT2D eigenvalue weighted by Gasteiger charge is 2.24. The second-order valence-corrected chi connectivity index (χ2v) is 6.19. The van der Waals surface area contributed by atoms with Crippen LogP contribution in [0.3, 0.4) is 0 Å². The number of urea groups is 1. The second kappa shape index (κ2) is 7.98. The Balaban J connectivity index is 1.43. The Kier molecular flexibility index (Phi) is 5.50. The van der Waals surface area contributed by atoms with Crippen molar-refractivity contribution in [2.75, 3.05) is 24.5 Å². The van der Waals surface area contributed by atoms with E-state index in [1.54, 1.807) is 0 Å². The SMILES string of the molecule is O=C(NCC(O)c1ccc(F)cc1)NC1CCN(c2ccccc2)C1. The first kappa shape index (κ1) is 17.2. The Morgan fingerprint density at radius 2 is 1.92 bits per heavy atom. The largest absolute Gasteiger partial charge is 0.387 e. The number of carbonyl (C=O) groups is 1. The number of aliphatic hydroxyl groups excluding tert-OH is 1. The number of amides is 2. The van der Waals surface area contributed by atoms with E-state index >= 15 is 0 Å². The van der Waals surface area contributed by atoms with Crippen LogP contribution in [0.1, 0.15) is 18.1 Å². The lowest BCUT2D eigenvalue weighted by Crippen LogP contribution is -2.44. The van der Waals surface area contributed by atoms with Crippen LogP contribution in [0.2, 0.25) is 0 Å². The first-order valence-corrected chi connectivity index (χ1v) is 8.40. The number of rotatable bonds is 5. The molecule has 2 atom stereocenters. The summed E-state index contributed by atoms with van der Waals surface area (Å²) in [7, 11) is 0. The molecule has 2 amide bonds. The molecule has 5 nitrogen and oxygen atoms in total. The smallest absolute Gasteiger partial charge is 0.315 e. The van der Waals surface area contributed by atoms with E-state index < -0.39 is 6.10 Å². The quantitative estimate of drug-likeness (QED) is 0.781. The molecule has 0 aromatic heterocycles. The van der Waals surface area contributed by atoms with Gasteiger partial charge in [0.15, 0.2) is 0 Å². The fourth-order valence-electron chi connectivity index (χ4n) is 2.98. The topological polar surface area (TPSA) is 64.6 Å². The van der Waals surface area contributed by atoms with Crippen LogP contribution in [-0.4, -0.2) is 36.8 Å². The summed E-state index contributed by atoms with van der Waals surface area (Å²) in [5.41, 5.74) is 1.72. The van der Waals surface area contributed by atoms with Gasteiger partial charge in [-0.1, -0.05) is 30.3 Å². The maximum absolute atomic E-state index is 12.9. The molecule has 132 valence electrons. The van der Waals surface area contributed by atoms with Crippen molar-refractivity contribution >= 4 is 11.7 Å². The number of para-hydroxylation sites is 1. The molecule has 1 aliphatic rings. The minimum Gasteiger partial charge on any atom is -0.387 e. The third kappa shape index (κ3) is 4.70. The zero-order valence-corrected chi connectivity index (χ0v) is 13.9. The number of hydrogen-bond donors (Lipinski definition) is 3. The molecule has 1 saturated heterocycles. The van der Waals surface area contributed by atoms with Crippen molar-refractivity contribution in [3.63, 3.8) is 0 Å². The monoisotopic (exact) mass is 343 g/mol. The molecule has 2 aromatic carbocycles. The van der Waals surface area contributed by atoms with Crippen molar-refractivity contribution in [2.45, 2.75) is 18.6 Å². The molecule has 2 aromatic rings. The van der Waals surface area contributed by atoms with E-state index in [0.717, 1.165) is 25.2 Å². The molecule has 3 N–H and O–H groups in total. The summed E-state index contributed by atoms with van der Waals surface area (Å²) in [6, 6.07) is 15.5. The molecule has 1 heterocycles. The van der Waals surface area contributed by atoms with E-state index in [0.29, 0.717) is 5.56 Å². The van der Waals surface area contributed by atoms with E-state index in [9.17, 15) is 14.3 Å². The van der Waals surface area contributed by atoms with E-state index in [4.69, 9.17) is 0 Å². The van der Waals surface area contributed by atoms with Gasteiger partial charge in [0, 0.05) is 31.4 Å². The van der Waals surface area contributed by atoms with Crippen LogP contribution < -0.4 is 15.5 Å². The standard InChI is InChI=1S/C19H22FN3O2/c20-15-8-6-14(7-9-15)18(24)12-21-19(25)22-16-10-11-23(13-16)17-4-2-1-3-5-17/h1-9,16,18,24H,10-13H2,(H2,21,22,25). The molecule has 0 bridgehead atoms. The number of carbonyl (C=O) groups excluding carboxylic acids is 1. The molecule has 1 fully saturated rings. The Labute approximate surface area is 146 Å². The van der Waals surface area contributed by atoms with E-state index in [1.807, 2.05) is 18.2 Å². The Morgan fingerprint density at radius 3 is 2.64 bits per heavy atom. The van der Waals surface area contributed by atoms with Gasteiger partial charge in [-0.05, 0) is 36.2 Å². The van der Waals surface area contributed by atoms with Gasteiger partial charge in [-0.15, -0.1) is 0 Å². The molecular formula is C19H22FN3O2. The van der Waals surface area contributed by atoms with E-state index in [1.165, 1.54) is 24.3 Å². The van der Waals surface area contributed by atoms with E-state index in [-0.39, 0.29) is 24.4 Å². The van der Waals surface area contributed by atoms with Crippen molar-refractivity contribution in [3.05, 3.63) is 66.0 Å². The summed E-state index contributed by atoms with van der Waals surface area (Å²) >= 11 is 0.